The fraction of sp³-hybridized carbons (Fsp3) is 0.810. The maximum Gasteiger partial charge on any atom is 0.303 e. The van der Waals surface area contributed by atoms with Gasteiger partial charge >= 0.3 is 5.97 Å². The van der Waals surface area contributed by atoms with E-state index in [0.29, 0.717) is 30.1 Å². The summed E-state index contributed by atoms with van der Waals surface area (Å²) < 4.78 is 0. The summed E-state index contributed by atoms with van der Waals surface area (Å²) in [6.07, 6.45) is 11.4. The molecule has 26 heavy (non-hydrogen) atoms. The molecule has 0 aromatic heterocycles. The number of hydrogen-bond acceptors (Lipinski definition) is 3. The fourth-order valence-electron chi connectivity index (χ4n) is 5.34. The number of allylic oxidation sites excluding steroid dienone is 1. The minimum absolute atomic E-state index is 0.106. The second-order valence-electron chi connectivity index (χ2n) is 8.65. The zero-order valence-electron chi connectivity index (χ0n) is 15.8. The van der Waals surface area contributed by atoms with Crippen molar-refractivity contribution in [2.24, 2.45) is 29.6 Å². The first kappa shape index (κ1) is 19.4. The van der Waals surface area contributed by atoms with E-state index >= 15 is 0 Å². The molecule has 6 atom stereocenters. The van der Waals surface area contributed by atoms with Crippen LogP contribution in [0.4, 0.5) is 0 Å². The van der Waals surface area contributed by atoms with Crippen molar-refractivity contribution in [3.8, 4) is 0 Å². The summed E-state index contributed by atoms with van der Waals surface area (Å²) in [7, 11) is 0. The van der Waals surface area contributed by atoms with Gasteiger partial charge in [0.1, 0.15) is 6.10 Å². The van der Waals surface area contributed by atoms with Crippen LogP contribution in [-0.4, -0.2) is 34.2 Å². The Morgan fingerprint density at radius 2 is 1.96 bits per heavy atom. The molecule has 0 aromatic carbocycles. The summed E-state index contributed by atoms with van der Waals surface area (Å²) in [6.45, 7) is 2.30. The van der Waals surface area contributed by atoms with Gasteiger partial charge in [0.05, 0.1) is 0 Å². The molecule has 0 saturated heterocycles. The molecule has 6 unspecified atom stereocenters. The zero-order chi connectivity index (χ0) is 18.7. The van der Waals surface area contributed by atoms with Crippen LogP contribution in [-0.2, 0) is 9.59 Å². The Morgan fingerprint density at radius 3 is 2.62 bits per heavy atom. The molecule has 4 fully saturated rings. The van der Waals surface area contributed by atoms with E-state index in [0.717, 1.165) is 38.5 Å². The normalized spacial score (nSPS) is 35.2. The van der Waals surface area contributed by atoms with Crippen molar-refractivity contribution >= 4 is 11.9 Å². The number of hydrogen-bond donors (Lipinski definition) is 3. The van der Waals surface area contributed by atoms with Crippen LogP contribution in [0, 0.1) is 29.6 Å². The van der Waals surface area contributed by atoms with Gasteiger partial charge in [-0.15, -0.1) is 0 Å². The second kappa shape index (κ2) is 8.55. The van der Waals surface area contributed by atoms with E-state index in [4.69, 9.17) is 5.11 Å². The molecule has 0 radical (unpaired) electrons. The number of rotatable bonds is 8. The van der Waals surface area contributed by atoms with Crippen LogP contribution in [0.1, 0.15) is 64.7 Å². The van der Waals surface area contributed by atoms with Crippen LogP contribution in [0.15, 0.2) is 12.2 Å². The number of nitrogens with one attached hydrogen (secondary N) is 1. The topological polar surface area (TPSA) is 86.6 Å². The lowest BCUT2D eigenvalue weighted by Crippen LogP contribution is -2.57. The molecule has 0 aromatic rings. The van der Waals surface area contributed by atoms with Crippen molar-refractivity contribution < 1.29 is 19.8 Å². The smallest absolute Gasteiger partial charge is 0.303 e. The Hall–Kier alpha value is -1.36. The van der Waals surface area contributed by atoms with Gasteiger partial charge in [0.25, 0.3) is 0 Å². The summed E-state index contributed by atoms with van der Waals surface area (Å²) in [5.74, 6) is 1.45. The highest BCUT2D eigenvalue weighted by molar-refractivity contribution is 5.81. The van der Waals surface area contributed by atoms with E-state index in [1.807, 2.05) is 0 Å². The molecule has 4 aliphatic rings. The molecule has 0 spiro atoms. The van der Waals surface area contributed by atoms with Crippen LogP contribution in [0.5, 0.6) is 0 Å². The van der Waals surface area contributed by atoms with Crippen molar-refractivity contribution in [2.75, 3.05) is 0 Å². The number of carboxylic acid groups (broad SMARTS) is 1. The largest absolute Gasteiger partial charge is 0.481 e. The third kappa shape index (κ3) is 4.30. The van der Waals surface area contributed by atoms with Gasteiger partial charge in [-0.1, -0.05) is 31.9 Å². The number of aliphatic hydroxyl groups is 1. The Bertz CT molecular complexity index is 540. The molecule has 5 heteroatoms. The highest BCUT2D eigenvalue weighted by Gasteiger charge is 2.50. The van der Waals surface area contributed by atoms with Gasteiger partial charge in [-0.25, -0.2) is 0 Å². The Morgan fingerprint density at radius 1 is 1.23 bits per heavy atom. The molecule has 1 amide bonds. The molecule has 4 rings (SSSR count). The maximum atomic E-state index is 12.5. The average molecular weight is 363 g/mol. The summed E-state index contributed by atoms with van der Waals surface area (Å²) in [5, 5.41) is 22.3. The van der Waals surface area contributed by atoms with E-state index in [2.05, 4.69) is 24.4 Å². The second-order valence-corrected chi connectivity index (χ2v) is 8.65. The number of carbonyl (C=O) groups excluding carboxylic acids is 1. The molecule has 3 N–H and O–H groups in total. The van der Waals surface area contributed by atoms with Crippen molar-refractivity contribution in [3.05, 3.63) is 12.2 Å². The number of carbonyl (C=O) groups is 2. The molecule has 0 aliphatic heterocycles. The molecule has 0 heterocycles. The standard InChI is InChI=1S/C21H33NO4/c1-13-15-11-17(13)16(9-3-2-4-10-19(23)24)18(12-15)22-21(26)20(25)14-7-5-6-8-14/h3,9,13-18,20,25H,2,4-8,10-12H2,1H3,(H,22,26)(H,23,24)/b9-3-. The minimum atomic E-state index is -0.867. The quantitative estimate of drug-likeness (QED) is 0.457. The van der Waals surface area contributed by atoms with Gasteiger partial charge in [0.2, 0.25) is 5.91 Å². The Kier molecular flexibility index (Phi) is 6.38. The van der Waals surface area contributed by atoms with Crippen molar-refractivity contribution in [3.63, 3.8) is 0 Å². The van der Waals surface area contributed by atoms with Crippen LogP contribution in [0.25, 0.3) is 0 Å². The maximum absolute atomic E-state index is 12.5. The predicted octanol–water partition coefficient (Wildman–Crippen LogP) is 3.13. The summed E-state index contributed by atoms with van der Waals surface area (Å²) >= 11 is 0. The van der Waals surface area contributed by atoms with Gasteiger partial charge in [-0.05, 0) is 62.2 Å². The third-order valence-corrected chi connectivity index (χ3v) is 7.07. The fourth-order valence-corrected chi connectivity index (χ4v) is 5.34. The summed E-state index contributed by atoms with van der Waals surface area (Å²) in [5.41, 5.74) is 0. The lowest BCUT2D eigenvalue weighted by atomic mass is 9.52. The lowest BCUT2D eigenvalue weighted by molar-refractivity contribution is -0.137. The van der Waals surface area contributed by atoms with Crippen LogP contribution >= 0.6 is 0 Å². The lowest BCUT2D eigenvalue weighted by Gasteiger charge is -2.55. The highest BCUT2D eigenvalue weighted by atomic mass is 16.4. The number of amides is 1. The van der Waals surface area contributed by atoms with E-state index in [-0.39, 0.29) is 24.3 Å². The molecular weight excluding hydrogens is 330 g/mol. The Labute approximate surface area is 156 Å². The molecule has 4 aliphatic carbocycles. The molecule has 146 valence electrons. The van der Waals surface area contributed by atoms with Crippen LogP contribution in [0.3, 0.4) is 0 Å². The van der Waals surface area contributed by atoms with Gasteiger partial charge < -0.3 is 15.5 Å². The van der Waals surface area contributed by atoms with Crippen LogP contribution < -0.4 is 5.32 Å². The van der Waals surface area contributed by atoms with E-state index in [1.165, 1.54) is 6.42 Å². The number of aliphatic hydroxyl groups excluding tert-OH is 1. The van der Waals surface area contributed by atoms with E-state index in [1.54, 1.807) is 0 Å². The number of fused-ring (bicyclic) bond motifs is 2. The molecule has 4 saturated carbocycles. The first-order valence-electron chi connectivity index (χ1n) is 10.3. The Balaban J connectivity index is 1.56. The highest BCUT2D eigenvalue weighted by Crippen LogP contribution is 2.53. The van der Waals surface area contributed by atoms with Gasteiger partial charge in [-0.3, -0.25) is 9.59 Å². The number of aliphatic carboxylic acids is 1. The SMILES string of the molecule is CC1C2CC(NC(=O)C(O)C3CCCC3)C(/C=C\CCCC(=O)O)C1C2. The molecule has 5 nitrogen and oxygen atoms in total. The predicted molar refractivity (Wildman–Crippen MR) is 99.4 cm³/mol. The van der Waals surface area contributed by atoms with Crippen molar-refractivity contribution in [2.45, 2.75) is 76.9 Å². The average Bonchev–Trinajstić information content (AvgIpc) is 3.15. The minimum Gasteiger partial charge on any atom is -0.481 e. The number of carboxylic acids is 1. The van der Waals surface area contributed by atoms with Crippen LogP contribution in [0.2, 0.25) is 0 Å². The number of unbranched alkanes of at least 4 members (excludes halogenated alkanes) is 1. The van der Waals surface area contributed by atoms with E-state index < -0.39 is 12.1 Å². The molecular formula is C21H33NO4. The van der Waals surface area contributed by atoms with Crippen molar-refractivity contribution in [1.29, 1.82) is 0 Å². The monoisotopic (exact) mass is 363 g/mol. The summed E-state index contributed by atoms with van der Waals surface area (Å²) in [6, 6.07) is 0.106. The van der Waals surface area contributed by atoms with Gasteiger partial charge in [0, 0.05) is 18.4 Å². The third-order valence-electron chi connectivity index (χ3n) is 7.07. The molecule has 2 bridgehead atoms. The summed E-state index contributed by atoms with van der Waals surface area (Å²) in [4.78, 5) is 23.2. The van der Waals surface area contributed by atoms with Crippen molar-refractivity contribution in [1.82, 2.24) is 5.32 Å². The first-order chi connectivity index (χ1) is 12.5. The first-order valence-corrected chi connectivity index (χ1v) is 10.3. The van der Waals surface area contributed by atoms with E-state index in [9.17, 15) is 14.7 Å². The van der Waals surface area contributed by atoms with Gasteiger partial charge in [-0.2, -0.15) is 0 Å². The van der Waals surface area contributed by atoms with Gasteiger partial charge in [0.15, 0.2) is 0 Å². The zero-order valence-corrected chi connectivity index (χ0v) is 15.8.